The van der Waals surface area contributed by atoms with Gasteiger partial charge in [-0.25, -0.2) is 0 Å². The maximum atomic E-state index is 8.80. The van der Waals surface area contributed by atoms with Gasteiger partial charge in [-0.05, 0) is 25.5 Å². The van der Waals surface area contributed by atoms with E-state index in [2.05, 4.69) is 0 Å². The molecule has 0 radical (unpaired) electrons. The molecule has 12 heavy (non-hydrogen) atoms. The van der Waals surface area contributed by atoms with Gasteiger partial charge in [0.15, 0.2) is 0 Å². The Morgan fingerprint density at radius 2 is 2.33 bits per heavy atom. The van der Waals surface area contributed by atoms with Crippen molar-refractivity contribution in [3.63, 3.8) is 0 Å². The molecule has 0 aromatic carbocycles. The predicted octanol–water partition coefficient (Wildman–Crippen LogP) is 0.581. The first kappa shape index (κ1) is 9.29. The van der Waals surface area contributed by atoms with Crippen molar-refractivity contribution < 1.29 is 5.11 Å². The molecule has 0 saturated heterocycles. The van der Waals surface area contributed by atoms with Gasteiger partial charge in [0.1, 0.15) is 0 Å². The van der Waals surface area contributed by atoms with E-state index in [1.165, 1.54) is 0 Å². The van der Waals surface area contributed by atoms with Crippen LogP contribution in [0.15, 0.2) is 18.3 Å². The molecule has 0 aliphatic carbocycles. The summed E-state index contributed by atoms with van der Waals surface area (Å²) in [6, 6.07) is 3.94. The maximum Gasteiger partial charge on any atom is 0.0556 e. The molecule has 3 heteroatoms. The highest BCUT2D eigenvalue weighted by atomic mass is 16.3. The highest BCUT2D eigenvalue weighted by molar-refractivity contribution is 5.16. The van der Waals surface area contributed by atoms with Gasteiger partial charge in [-0.2, -0.15) is 0 Å². The highest BCUT2D eigenvalue weighted by Crippen LogP contribution is 2.20. The monoisotopic (exact) mass is 168 g/mol. The third-order valence-corrected chi connectivity index (χ3v) is 2.16. The first-order valence-electron chi connectivity index (χ1n) is 4.09. The van der Waals surface area contributed by atoms with Crippen LogP contribution in [0.4, 0.5) is 0 Å². The van der Waals surface area contributed by atoms with Crippen molar-refractivity contribution in [3.05, 3.63) is 24.0 Å². The van der Waals surface area contributed by atoms with Gasteiger partial charge in [0.2, 0.25) is 0 Å². The third-order valence-electron chi connectivity index (χ3n) is 2.16. The van der Waals surface area contributed by atoms with Crippen LogP contribution in [0, 0.1) is 0 Å². The largest absolute Gasteiger partial charge is 0.396 e. The molecule has 0 unspecified atom stereocenters. The predicted molar refractivity (Wildman–Crippen MR) is 48.7 cm³/mol. The number of aromatic nitrogens is 1. The summed E-state index contributed by atoms with van der Waals surface area (Å²) < 4.78 is 1.98. The maximum absolute atomic E-state index is 8.80. The van der Waals surface area contributed by atoms with E-state index in [0.29, 0.717) is 6.42 Å². The van der Waals surface area contributed by atoms with Crippen LogP contribution in [0.25, 0.3) is 0 Å². The molecule has 0 spiro atoms. The number of hydrogen-bond acceptors (Lipinski definition) is 2. The lowest BCUT2D eigenvalue weighted by Gasteiger charge is -2.24. The van der Waals surface area contributed by atoms with E-state index in [1.807, 2.05) is 36.9 Å². The molecular formula is C9H16N2O. The molecule has 1 heterocycles. The van der Waals surface area contributed by atoms with E-state index in [9.17, 15) is 0 Å². The molecule has 0 fully saturated rings. The second kappa shape index (κ2) is 3.29. The lowest BCUT2D eigenvalue weighted by molar-refractivity contribution is 0.243. The van der Waals surface area contributed by atoms with E-state index in [1.54, 1.807) is 0 Å². The molecule has 3 nitrogen and oxygen atoms in total. The van der Waals surface area contributed by atoms with E-state index < -0.39 is 5.54 Å². The summed E-state index contributed by atoms with van der Waals surface area (Å²) in [4.78, 5) is 0. The Hall–Kier alpha value is -0.800. The topological polar surface area (TPSA) is 51.2 Å². The molecule has 0 bridgehead atoms. The molecule has 0 aliphatic heterocycles. The van der Waals surface area contributed by atoms with E-state index >= 15 is 0 Å². The van der Waals surface area contributed by atoms with Gasteiger partial charge in [-0.15, -0.1) is 0 Å². The van der Waals surface area contributed by atoms with Gasteiger partial charge >= 0.3 is 0 Å². The molecule has 68 valence electrons. The molecule has 1 aromatic heterocycles. The minimum Gasteiger partial charge on any atom is -0.396 e. The van der Waals surface area contributed by atoms with Crippen LogP contribution in [-0.2, 0) is 12.6 Å². The number of aliphatic hydroxyl groups is 1. The normalized spacial score (nSPS) is 16.0. The molecule has 3 N–H and O–H groups in total. The quantitative estimate of drug-likeness (QED) is 0.693. The summed E-state index contributed by atoms with van der Waals surface area (Å²) >= 11 is 0. The summed E-state index contributed by atoms with van der Waals surface area (Å²) in [7, 11) is 1.96. The first-order valence-corrected chi connectivity index (χ1v) is 4.09. The number of rotatable bonds is 3. The van der Waals surface area contributed by atoms with Crippen molar-refractivity contribution in [3.8, 4) is 0 Å². The Bertz CT molecular complexity index is 253. The number of nitrogens with two attached hydrogens (primary N) is 1. The number of hydrogen-bond donors (Lipinski definition) is 2. The minimum absolute atomic E-state index is 0.123. The van der Waals surface area contributed by atoms with Gasteiger partial charge in [0.05, 0.1) is 5.54 Å². The fraction of sp³-hybridized carbons (Fsp3) is 0.556. The summed E-state index contributed by atoms with van der Waals surface area (Å²) in [5.74, 6) is 0. The highest BCUT2D eigenvalue weighted by Gasteiger charge is 2.22. The number of nitrogens with zero attached hydrogens (tertiary/aromatic N) is 1. The zero-order valence-corrected chi connectivity index (χ0v) is 7.62. The second-order valence-corrected chi connectivity index (χ2v) is 3.40. The standard InChI is InChI=1S/C9H16N2O/c1-9(10,5-7-12)8-4-3-6-11(8)2/h3-4,6,12H,5,7,10H2,1-2H3/t9-/m0/s1. The van der Waals surface area contributed by atoms with Crippen molar-refractivity contribution in [1.82, 2.24) is 4.57 Å². The molecule has 0 aliphatic rings. The summed E-state index contributed by atoms with van der Waals surface area (Å²) in [5, 5.41) is 8.80. The van der Waals surface area contributed by atoms with Crippen LogP contribution < -0.4 is 5.73 Å². The average Bonchev–Trinajstić information content (AvgIpc) is 2.35. The zero-order valence-electron chi connectivity index (χ0n) is 7.62. The van der Waals surface area contributed by atoms with Crippen molar-refractivity contribution >= 4 is 0 Å². The van der Waals surface area contributed by atoms with Crippen LogP contribution in [-0.4, -0.2) is 16.3 Å². The molecule has 0 saturated carbocycles. The molecule has 1 aromatic rings. The SMILES string of the molecule is Cn1cccc1[C@@](C)(N)CCO. The zero-order chi connectivity index (χ0) is 9.19. The van der Waals surface area contributed by atoms with Crippen LogP contribution in [0.5, 0.6) is 0 Å². The van der Waals surface area contributed by atoms with E-state index in [4.69, 9.17) is 10.8 Å². The van der Waals surface area contributed by atoms with Crippen molar-refractivity contribution in [1.29, 1.82) is 0 Å². The van der Waals surface area contributed by atoms with Crippen molar-refractivity contribution in [2.75, 3.05) is 6.61 Å². The van der Waals surface area contributed by atoms with Gasteiger partial charge in [0, 0.05) is 25.5 Å². The van der Waals surface area contributed by atoms with Crippen molar-refractivity contribution in [2.45, 2.75) is 18.9 Å². The number of aryl methyl sites for hydroxylation is 1. The lowest BCUT2D eigenvalue weighted by atomic mass is 9.95. The van der Waals surface area contributed by atoms with E-state index in [0.717, 1.165) is 5.69 Å². The number of aliphatic hydroxyl groups excluding tert-OH is 1. The Kier molecular flexibility index (Phi) is 2.55. The first-order chi connectivity index (χ1) is 5.58. The molecule has 1 rings (SSSR count). The second-order valence-electron chi connectivity index (χ2n) is 3.40. The molecular weight excluding hydrogens is 152 g/mol. The van der Waals surface area contributed by atoms with Gasteiger partial charge in [0.25, 0.3) is 0 Å². The Morgan fingerprint density at radius 3 is 2.75 bits per heavy atom. The Labute approximate surface area is 72.8 Å². The molecule has 0 amide bonds. The van der Waals surface area contributed by atoms with Crippen LogP contribution in [0.3, 0.4) is 0 Å². The summed E-state index contributed by atoms with van der Waals surface area (Å²) in [6.07, 6.45) is 2.54. The van der Waals surface area contributed by atoms with Gasteiger partial charge < -0.3 is 15.4 Å². The minimum atomic E-state index is -0.424. The van der Waals surface area contributed by atoms with Crippen LogP contribution in [0.1, 0.15) is 19.0 Å². The van der Waals surface area contributed by atoms with Crippen LogP contribution >= 0.6 is 0 Å². The van der Waals surface area contributed by atoms with Crippen LogP contribution in [0.2, 0.25) is 0 Å². The fourth-order valence-electron chi connectivity index (χ4n) is 1.41. The Morgan fingerprint density at radius 1 is 1.67 bits per heavy atom. The Balaban J connectivity index is 2.88. The molecule has 1 atom stereocenters. The third kappa shape index (κ3) is 1.68. The van der Waals surface area contributed by atoms with E-state index in [-0.39, 0.29) is 6.61 Å². The smallest absolute Gasteiger partial charge is 0.0556 e. The lowest BCUT2D eigenvalue weighted by Crippen LogP contribution is -2.35. The average molecular weight is 168 g/mol. The summed E-state index contributed by atoms with van der Waals surface area (Å²) in [6.45, 7) is 2.05. The van der Waals surface area contributed by atoms with Crippen molar-refractivity contribution in [2.24, 2.45) is 12.8 Å². The van der Waals surface area contributed by atoms with Gasteiger partial charge in [-0.1, -0.05) is 0 Å². The van der Waals surface area contributed by atoms with Gasteiger partial charge in [-0.3, -0.25) is 0 Å². The summed E-state index contributed by atoms with van der Waals surface area (Å²) in [5.41, 5.74) is 6.64. The fourth-order valence-corrected chi connectivity index (χ4v) is 1.41.